The van der Waals surface area contributed by atoms with Crippen molar-refractivity contribution in [3.8, 4) is 17.2 Å². The first-order valence-corrected chi connectivity index (χ1v) is 10.6. The van der Waals surface area contributed by atoms with Gasteiger partial charge in [0.2, 0.25) is 11.8 Å². The quantitative estimate of drug-likeness (QED) is 0.668. The largest absolute Gasteiger partial charge is 0.488 e. The van der Waals surface area contributed by atoms with Gasteiger partial charge in [-0.3, -0.25) is 9.88 Å². The van der Waals surface area contributed by atoms with Gasteiger partial charge in [0, 0.05) is 30.5 Å². The zero-order chi connectivity index (χ0) is 20.5. The van der Waals surface area contributed by atoms with E-state index in [0.717, 1.165) is 31.5 Å². The van der Waals surface area contributed by atoms with Gasteiger partial charge in [0.1, 0.15) is 11.9 Å². The van der Waals surface area contributed by atoms with Gasteiger partial charge in [-0.2, -0.15) is 0 Å². The molecule has 0 bridgehead atoms. The van der Waals surface area contributed by atoms with E-state index < -0.39 is 6.10 Å². The molecule has 1 aliphatic heterocycles. The van der Waals surface area contributed by atoms with Gasteiger partial charge in [0.25, 0.3) is 0 Å². The maximum absolute atomic E-state index is 10.6. The molecule has 1 N–H and O–H groups in total. The van der Waals surface area contributed by atoms with E-state index in [1.165, 1.54) is 0 Å². The van der Waals surface area contributed by atoms with Crippen molar-refractivity contribution >= 4 is 11.6 Å². The highest BCUT2D eigenvalue weighted by Crippen LogP contribution is 2.38. The van der Waals surface area contributed by atoms with Gasteiger partial charge in [0.15, 0.2) is 0 Å². The number of rotatable bonds is 5. The number of aromatic nitrogens is 3. The van der Waals surface area contributed by atoms with E-state index >= 15 is 0 Å². The van der Waals surface area contributed by atoms with E-state index in [0.29, 0.717) is 40.9 Å². The number of aliphatic hydroxyl groups excluding tert-OH is 1. The number of halogens is 1. The average Bonchev–Trinajstić information content (AvgIpc) is 3.36. The van der Waals surface area contributed by atoms with Crippen molar-refractivity contribution in [3.63, 3.8) is 0 Å². The Morgan fingerprint density at radius 3 is 2.80 bits per heavy atom. The molecule has 0 amide bonds. The highest BCUT2D eigenvalue weighted by molar-refractivity contribution is 6.30. The summed E-state index contributed by atoms with van der Waals surface area (Å²) in [5, 5.41) is 19.6. The molecule has 0 radical (unpaired) electrons. The van der Waals surface area contributed by atoms with Gasteiger partial charge in [0.05, 0.1) is 18.2 Å². The second kappa shape index (κ2) is 8.34. The topological polar surface area (TPSA) is 84.5 Å². The minimum atomic E-state index is -0.481. The summed E-state index contributed by atoms with van der Waals surface area (Å²) < 4.78 is 11.9. The van der Waals surface area contributed by atoms with E-state index in [-0.39, 0.29) is 6.10 Å². The fourth-order valence-electron chi connectivity index (χ4n) is 4.57. The van der Waals surface area contributed by atoms with Crippen LogP contribution in [0.2, 0.25) is 5.02 Å². The summed E-state index contributed by atoms with van der Waals surface area (Å²) in [7, 11) is 0. The number of fused-ring (bicyclic) bond motifs is 1. The molecule has 3 heterocycles. The van der Waals surface area contributed by atoms with Crippen molar-refractivity contribution in [2.45, 2.75) is 31.6 Å². The van der Waals surface area contributed by atoms with Gasteiger partial charge in [-0.25, -0.2) is 0 Å². The lowest BCUT2D eigenvalue weighted by atomic mass is 9.78. The molecule has 30 heavy (non-hydrogen) atoms. The maximum atomic E-state index is 10.6. The lowest BCUT2D eigenvalue weighted by molar-refractivity contribution is -0.0231. The number of hydrogen-bond acceptors (Lipinski definition) is 7. The van der Waals surface area contributed by atoms with Crippen molar-refractivity contribution in [1.82, 2.24) is 20.1 Å². The van der Waals surface area contributed by atoms with E-state index in [1.807, 2.05) is 30.3 Å². The first-order valence-electron chi connectivity index (χ1n) is 10.2. The number of hydrogen-bond donors (Lipinski definition) is 1. The van der Waals surface area contributed by atoms with Crippen molar-refractivity contribution < 1.29 is 14.3 Å². The number of likely N-dealkylation sites (tertiary alicyclic amines) is 1. The molecular weight excluding hydrogens is 404 g/mol. The molecule has 0 unspecified atom stereocenters. The van der Waals surface area contributed by atoms with Gasteiger partial charge in [-0.1, -0.05) is 17.7 Å². The van der Waals surface area contributed by atoms with Crippen LogP contribution in [0.1, 0.15) is 18.7 Å². The van der Waals surface area contributed by atoms with Crippen molar-refractivity contribution in [3.05, 3.63) is 59.7 Å². The number of benzene rings is 1. The Bertz CT molecular complexity index is 999. The highest BCUT2D eigenvalue weighted by atomic mass is 35.5. The van der Waals surface area contributed by atoms with E-state index in [9.17, 15) is 5.11 Å². The van der Waals surface area contributed by atoms with Crippen LogP contribution in [-0.2, 0) is 6.54 Å². The van der Waals surface area contributed by atoms with Gasteiger partial charge < -0.3 is 14.3 Å². The third kappa shape index (κ3) is 4.19. The molecule has 1 aliphatic carbocycles. The van der Waals surface area contributed by atoms with Crippen LogP contribution >= 0.6 is 11.6 Å². The Labute approximate surface area is 179 Å². The molecule has 8 heteroatoms. The third-order valence-electron chi connectivity index (χ3n) is 5.98. The van der Waals surface area contributed by atoms with Crippen LogP contribution < -0.4 is 4.74 Å². The lowest BCUT2D eigenvalue weighted by Gasteiger charge is -2.35. The second-order valence-electron chi connectivity index (χ2n) is 8.11. The Hall–Kier alpha value is -2.48. The summed E-state index contributed by atoms with van der Waals surface area (Å²) in [5.74, 6) is 2.70. The summed E-state index contributed by atoms with van der Waals surface area (Å²) in [4.78, 5) is 6.41. The fraction of sp³-hybridized carbons (Fsp3) is 0.409. The van der Waals surface area contributed by atoms with Crippen LogP contribution in [0.5, 0.6) is 5.75 Å². The minimum Gasteiger partial charge on any atom is -0.488 e. The standard InChI is InChI=1S/C22H23ClN4O3/c23-17-4-1-5-18(9-17)29-20-8-16-12-27(11-15(16)7-19(20)28)13-21-25-26-22(30-21)14-3-2-6-24-10-14/h1-6,9-10,15-16,19-20,28H,7-8,11-13H2/t15-,16+,19+,20+/m0/s1. The summed E-state index contributed by atoms with van der Waals surface area (Å²) in [6.45, 7) is 2.45. The molecule has 5 rings (SSSR count). The zero-order valence-corrected chi connectivity index (χ0v) is 17.2. The van der Waals surface area contributed by atoms with E-state index in [1.54, 1.807) is 18.5 Å². The van der Waals surface area contributed by atoms with Gasteiger partial charge >= 0.3 is 0 Å². The Morgan fingerprint density at radius 2 is 2.00 bits per heavy atom. The SMILES string of the molecule is O[C@@H]1C[C@H]2CN(Cc3nnc(-c4cccnc4)o3)C[C@H]2C[C@H]1Oc1cccc(Cl)c1. The molecule has 3 aromatic rings. The lowest BCUT2D eigenvalue weighted by Crippen LogP contribution is -2.42. The van der Waals surface area contributed by atoms with Crippen LogP contribution in [0.15, 0.2) is 53.2 Å². The summed E-state index contributed by atoms with van der Waals surface area (Å²) in [6.07, 6.45) is 4.28. The predicted octanol–water partition coefficient (Wildman–Crippen LogP) is 3.44. The molecule has 156 valence electrons. The first kappa shape index (κ1) is 19.5. The van der Waals surface area contributed by atoms with E-state index in [2.05, 4.69) is 20.1 Å². The minimum absolute atomic E-state index is 0.217. The van der Waals surface area contributed by atoms with E-state index in [4.69, 9.17) is 20.8 Å². The fourth-order valence-corrected chi connectivity index (χ4v) is 4.75. The highest BCUT2D eigenvalue weighted by Gasteiger charge is 2.43. The maximum Gasteiger partial charge on any atom is 0.249 e. The molecule has 2 fully saturated rings. The molecule has 4 atom stereocenters. The predicted molar refractivity (Wildman–Crippen MR) is 111 cm³/mol. The summed E-state index contributed by atoms with van der Waals surface area (Å²) >= 11 is 6.05. The van der Waals surface area contributed by atoms with Gasteiger partial charge in [-0.05, 0) is 55.0 Å². The molecule has 2 aromatic heterocycles. The first-order chi connectivity index (χ1) is 14.6. The van der Waals surface area contributed by atoms with Crippen LogP contribution in [0, 0.1) is 11.8 Å². The van der Waals surface area contributed by atoms with Gasteiger partial charge in [-0.15, -0.1) is 10.2 Å². The molecule has 1 aromatic carbocycles. The summed E-state index contributed by atoms with van der Waals surface area (Å²) in [6, 6.07) is 11.1. The zero-order valence-electron chi connectivity index (χ0n) is 16.4. The number of ether oxygens (including phenoxy) is 1. The van der Waals surface area contributed by atoms with Crippen LogP contribution in [0.3, 0.4) is 0 Å². The van der Waals surface area contributed by atoms with Crippen molar-refractivity contribution in [2.75, 3.05) is 13.1 Å². The van der Waals surface area contributed by atoms with Crippen molar-refractivity contribution in [2.24, 2.45) is 11.8 Å². The molecule has 7 nitrogen and oxygen atoms in total. The Kier molecular flexibility index (Phi) is 5.41. The monoisotopic (exact) mass is 426 g/mol. The number of nitrogens with zero attached hydrogens (tertiary/aromatic N) is 4. The number of aliphatic hydroxyl groups is 1. The van der Waals surface area contributed by atoms with Crippen molar-refractivity contribution in [1.29, 1.82) is 0 Å². The molecule has 2 aliphatic rings. The summed E-state index contributed by atoms with van der Waals surface area (Å²) in [5.41, 5.74) is 0.815. The Morgan fingerprint density at radius 1 is 1.13 bits per heavy atom. The van der Waals surface area contributed by atoms with Crippen LogP contribution in [0.4, 0.5) is 0 Å². The van der Waals surface area contributed by atoms with Crippen LogP contribution in [-0.4, -0.2) is 50.5 Å². The third-order valence-corrected chi connectivity index (χ3v) is 6.21. The Balaban J connectivity index is 1.21. The van der Waals surface area contributed by atoms with Crippen LogP contribution in [0.25, 0.3) is 11.5 Å². The molecule has 1 saturated carbocycles. The number of pyridine rings is 1. The normalized spacial score (nSPS) is 26.5. The molecular formula is C22H23ClN4O3. The molecule has 1 saturated heterocycles. The smallest absolute Gasteiger partial charge is 0.249 e. The average molecular weight is 427 g/mol. The second-order valence-corrected chi connectivity index (χ2v) is 8.55. The molecule has 0 spiro atoms.